The Morgan fingerprint density at radius 2 is 2.12 bits per heavy atom. The lowest BCUT2D eigenvalue weighted by atomic mass is 10.1. The van der Waals surface area contributed by atoms with E-state index in [1.54, 1.807) is 37.0 Å². The number of fused-ring (bicyclic) bond motifs is 1. The van der Waals surface area contributed by atoms with Gasteiger partial charge < -0.3 is 19.3 Å². The summed E-state index contributed by atoms with van der Waals surface area (Å²) >= 11 is 0. The number of H-pyrrole nitrogens is 1. The SMILES string of the molecule is CC(=O)CCCc1c[nH]c2cc(F)c(OCCOc3ccn(C)n3)cc12. The quantitative estimate of drug-likeness (QED) is 0.595. The van der Waals surface area contributed by atoms with Gasteiger partial charge in [-0.05, 0) is 31.4 Å². The van der Waals surface area contributed by atoms with Gasteiger partial charge in [0.1, 0.15) is 19.0 Å². The van der Waals surface area contributed by atoms with Gasteiger partial charge in [-0.3, -0.25) is 4.68 Å². The van der Waals surface area contributed by atoms with Crippen molar-refractivity contribution in [2.75, 3.05) is 13.2 Å². The highest BCUT2D eigenvalue weighted by Gasteiger charge is 2.11. The number of benzene rings is 1. The van der Waals surface area contributed by atoms with Crippen LogP contribution in [0, 0.1) is 5.82 Å². The van der Waals surface area contributed by atoms with Crippen LogP contribution in [-0.2, 0) is 18.3 Å². The number of aromatic nitrogens is 3. The molecule has 0 atom stereocenters. The summed E-state index contributed by atoms with van der Waals surface area (Å²) in [6.45, 7) is 2.07. The monoisotopic (exact) mass is 359 g/mol. The lowest BCUT2D eigenvalue weighted by Gasteiger charge is -2.08. The molecule has 1 N–H and O–H groups in total. The van der Waals surface area contributed by atoms with E-state index in [9.17, 15) is 9.18 Å². The van der Waals surface area contributed by atoms with E-state index in [-0.39, 0.29) is 24.7 Å². The number of Topliss-reactive ketones (excluding diaryl/α,β-unsaturated/α-hetero) is 1. The number of carbonyl (C=O) groups excluding carboxylic acids is 1. The highest BCUT2D eigenvalue weighted by atomic mass is 19.1. The summed E-state index contributed by atoms with van der Waals surface area (Å²) in [5.41, 5.74) is 1.77. The molecule has 0 radical (unpaired) electrons. The fraction of sp³-hybridized carbons (Fsp3) is 0.368. The maximum absolute atomic E-state index is 14.2. The topological polar surface area (TPSA) is 69.1 Å². The highest BCUT2D eigenvalue weighted by molar-refractivity contribution is 5.85. The molecule has 0 unspecified atom stereocenters. The standard InChI is InChI=1S/C19H22FN3O3/c1-13(24)4-3-5-14-12-21-17-11-16(20)18(10-15(14)17)25-8-9-26-19-6-7-23(2)22-19/h6-7,10-12,21H,3-5,8-9H2,1-2H3. The van der Waals surface area contributed by atoms with Gasteiger partial charge in [0.05, 0.1) is 0 Å². The largest absolute Gasteiger partial charge is 0.487 e. The van der Waals surface area contributed by atoms with E-state index in [2.05, 4.69) is 10.1 Å². The number of ether oxygens (including phenoxy) is 2. The zero-order chi connectivity index (χ0) is 18.5. The van der Waals surface area contributed by atoms with Crippen molar-refractivity contribution in [2.45, 2.75) is 26.2 Å². The summed E-state index contributed by atoms with van der Waals surface area (Å²) in [5, 5.41) is 5.01. The van der Waals surface area contributed by atoms with Crippen LogP contribution in [0.25, 0.3) is 10.9 Å². The van der Waals surface area contributed by atoms with Crippen molar-refractivity contribution in [3.63, 3.8) is 0 Å². The zero-order valence-electron chi connectivity index (χ0n) is 14.9. The fourth-order valence-corrected chi connectivity index (χ4v) is 2.79. The summed E-state index contributed by atoms with van der Waals surface area (Å²) in [7, 11) is 1.80. The molecule has 26 heavy (non-hydrogen) atoms. The minimum absolute atomic E-state index is 0.174. The Morgan fingerprint density at radius 1 is 1.31 bits per heavy atom. The number of aromatic amines is 1. The third-order valence-corrected chi connectivity index (χ3v) is 4.07. The second-order valence-electron chi connectivity index (χ2n) is 6.22. The van der Waals surface area contributed by atoms with Crippen LogP contribution in [0.5, 0.6) is 11.6 Å². The van der Waals surface area contributed by atoms with Crippen LogP contribution in [-0.4, -0.2) is 33.8 Å². The number of nitrogens with zero attached hydrogens (tertiary/aromatic N) is 2. The molecule has 0 bridgehead atoms. The first-order valence-corrected chi connectivity index (χ1v) is 8.57. The second kappa shape index (κ2) is 8.03. The summed E-state index contributed by atoms with van der Waals surface area (Å²) < 4.78 is 26.8. The smallest absolute Gasteiger partial charge is 0.232 e. The van der Waals surface area contributed by atoms with Crippen LogP contribution in [0.1, 0.15) is 25.3 Å². The van der Waals surface area contributed by atoms with Crippen molar-refractivity contribution in [1.82, 2.24) is 14.8 Å². The predicted octanol–water partition coefficient (Wildman–Crippen LogP) is 3.41. The molecule has 0 saturated carbocycles. The maximum Gasteiger partial charge on any atom is 0.232 e. The van der Waals surface area contributed by atoms with Gasteiger partial charge >= 0.3 is 0 Å². The van der Waals surface area contributed by atoms with E-state index in [4.69, 9.17) is 9.47 Å². The molecule has 0 aliphatic heterocycles. The molecule has 138 valence electrons. The van der Waals surface area contributed by atoms with Gasteiger partial charge in [-0.2, -0.15) is 0 Å². The van der Waals surface area contributed by atoms with E-state index in [1.807, 2.05) is 6.20 Å². The number of hydrogen-bond acceptors (Lipinski definition) is 4. The van der Waals surface area contributed by atoms with Crippen LogP contribution >= 0.6 is 0 Å². The average molecular weight is 359 g/mol. The van der Waals surface area contributed by atoms with Crippen molar-refractivity contribution < 1.29 is 18.7 Å². The third-order valence-electron chi connectivity index (χ3n) is 4.07. The predicted molar refractivity (Wildman–Crippen MR) is 96.1 cm³/mol. The van der Waals surface area contributed by atoms with Gasteiger partial charge in [0.2, 0.25) is 5.88 Å². The van der Waals surface area contributed by atoms with Gasteiger partial charge in [-0.25, -0.2) is 4.39 Å². The molecular weight excluding hydrogens is 337 g/mol. The molecule has 2 aromatic heterocycles. The molecule has 0 spiro atoms. The lowest BCUT2D eigenvalue weighted by Crippen LogP contribution is -2.10. The Hall–Kier alpha value is -2.83. The zero-order valence-corrected chi connectivity index (χ0v) is 14.9. The maximum atomic E-state index is 14.2. The Kier molecular flexibility index (Phi) is 5.55. The number of hydrogen-bond donors (Lipinski definition) is 1. The minimum Gasteiger partial charge on any atom is -0.487 e. The summed E-state index contributed by atoms with van der Waals surface area (Å²) in [4.78, 5) is 14.2. The molecule has 3 aromatic rings. The van der Waals surface area contributed by atoms with Gasteiger partial charge in [0.15, 0.2) is 11.6 Å². The molecule has 6 nitrogen and oxygen atoms in total. The first kappa shape index (κ1) is 18.0. The number of ketones is 1. The molecule has 0 amide bonds. The Balaban J connectivity index is 1.61. The van der Waals surface area contributed by atoms with Crippen molar-refractivity contribution in [3.8, 4) is 11.6 Å². The lowest BCUT2D eigenvalue weighted by molar-refractivity contribution is -0.117. The first-order valence-electron chi connectivity index (χ1n) is 8.57. The number of carbonyl (C=O) groups is 1. The van der Waals surface area contributed by atoms with Crippen LogP contribution in [0.4, 0.5) is 4.39 Å². The average Bonchev–Trinajstić information content (AvgIpc) is 3.17. The Labute approximate surface area is 150 Å². The minimum atomic E-state index is -0.424. The Bertz CT molecular complexity index is 901. The van der Waals surface area contributed by atoms with Crippen molar-refractivity contribution in [2.24, 2.45) is 7.05 Å². The molecule has 7 heteroatoms. The van der Waals surface area contributed by atoms with Crippen molar-refractivity contribution in [3.05, 3.63) is 42.0 Å². The first-order chi connectivity index (χ1) is 12.5. The van der Waals surface area contributed by atoms with Crippen LogP contribution in [0.15, 0.2) is 30.6 Å². The summed E-state index contributed by atoms with van der Waals surface area (Å²) in [6.07, 6.45) is 5.71. The van der Waals surface area contributed by atoms with Crippen molar-refractivity contribution in [1.29, 1.82) is 0 Å². The highest BCUT2D eigenvalue weighted by Crippen LogP contribution is 2.28. The van der Waals surface area contributed by atoms with Gasteiger partial charge in [-0.1, -0.05) is 0 Å². The third kappa shape index (κ3) is 4.41. The van der Waals surface area contributed by atoms with Gasteiger partial charge in [0.25, 0.3) is 0 Å². The van der Waals surface area contributed by atoms with E-state index in [0.29, 0.717) is 12.3 Å². The molecule has 0 aliphatic carbocycles. The molecule has 2 heterocycles. The Morgan fingerprint density at radius 3 is 2.85 bits per heavy atom. The van der Waals surface area contributed by atoms with Crippen LogP contribution in [0.3, 0.4) is 0 Å². The number of nitrogens with one attached hydrogen (secondary N) is 1. The molecule has 0 fully saturated rings. The van der Waals surface area contributed by atoms with Gasteiger partial charge in [0, 0.05) is 48.9 Å². The van der Waals surface area contributed by atoms with Crippen LogP contribution < -0.4 is 9.47 Å². The second-order valence-corrected chi connectivity index (χ2v) is 6.22. The van der Waals surface area contributed by atoms with Gasteiger partial charge in [-0.15, -0.1) is 5.10 Å². The van der Waals surface area contributed by atoms with E-state index in [0.717, 1.165) is 29.3 Å². The van der Waals surface area contributed by atoms with E-state index < -0.39 is 5.82 Å². The summed E-state index contributed by atoms with van der Waals surface area (Å²) in [6, 6.07) is 4.88. The molecule has 3 rings (SSSR count). The fourth-order valence-electron chi connectivity index (χ4n) is 2.79. The molecule has 1 aromatic carbocycles. The number of rotatable bonds is 9. The molecular formula is C19H22FN3O3. The van der Waals surface area contributed by atoms with Crippen LogP contribution in [0.2, 0.25) is 0 Å². The van der Waals surface area contributed by atoms with E-state index in [1.165, 1.54) is 6.07 Å². The molecule has 0 saturated heterocycles. The number of halogens is 1. The molecule has 0 aliphatic rings. The van der Waals surface area contributed by atoms with E-state index >= 15 is 0 Å². The number of aryl methyl sites for hydroxylation is 2. The van der Waals surface area contributed by atoms with Crippen molar-refractivity contribution >= 4 is 16.7 Å². The summed E-state index contributed by atoms with van der Waals surface area (Å²) in [5.74, 6) is 0.445. The normalized spacial score (nSPS) is 11.0.